The highest BCUT2D eigenvalue weighted by molar-refractivity contribution is 5.81. The van der Waals surface area contributed by atoms with Crippen molar-refractivity contribution in [3.05, 3.63) is 30.0 Å². The molecule has 1 aromatic heterocycles. The summed E-state index contributed by atoms with van der Waals surface area (Å²) in [5, 5.41) is 5.20. The molecule has 3 heteroatoms. The second-order valence-corrected chi connectivity index (χ2v) is 2.55. The van der Waals surface area contributed by atoms with E-state index < -0.39 is 0 Å². The van der Waals surface area contributed by atoms with Gasteiger partial charge in [0.2, 0.25) is 0 Å². The Morgan fingerprint density at radius 1 is 1.36 bits per heavy atom. The van der Waals surface area contributed by atoms with Crippen molar-refractivity contribution < 1.29 is 0 Å². The smallest absolute Gasteiger partial charge is 0.0918 e. The summed E-state index contributed by atoms with van der Waals surface area (Å²) in [5.41, 5.74) is 1.95. The molecule has 0 saturated heterocycles. The third-order valence-corrected chi connectivity index (χ3v) is 1.80. The molecule has 56 valence electrons. The third kappa shape index (κ3) is 0.774. The van der Waals surface area contributed by atoms with E-state index in [1.165, 1.54) is 4.79 Å². The van der Waals surface area contributed by atoms with Gasteiger partial charge < -0.3 is 5.84 Å². The summed E-state index contributed by atoms with van der Waals surface area (Å²) in [4.78, 5) is 1.41. The molecular weight excluding hydrogens is 138 g/mol. The number of rotatable bonds is 0. The number of hydrogen-bond acceptors (Lipinski definition) is 2. The molecule has 0 fully saturated rings. The van der Waals surface area contributed by atoms with Gasteiger partial charge in [-0.25, -0.2) is 0 Å². The third-order valence-electron chi connectivity index (χ3n) is 1.80. The molecule has 0 bridgehead atoms. The first-order valence-corrected chi connectivity index (χ1v) is 3.48. The Labute approximate surface area is 64.4 Å². The van der Waals surface area contributed by atoms with Crippen molar-refractivity contribution in [3.8, 4) is 0 Å². The minimum atomic E-state index is 0.975. The molecule has 0 aliphatic carbocycles. The lowest BCUT2D eigenvalue weighted by Gasteiger charge is -1.90. The summed E-state index contributed by atoms with van der Waals surface area (Å²) >= 11 is 0. The van der Waals surface area contributed by atoms with Crippen molar-refractivity contribution in [3.63, 3.8) is 0 Å². The largest absolute Gasteiger partial charge is 0.323 e. The molecule has 0 amide bonds. The van der Waals surface area contributed by atoms with E-state index in [-0.39, 0.29) is 0 Å². The molecule has 0 radical (unpaired) electrons. The van der Waals surface area contributed by atoms with E-state index in [1.54, 1.807) is 0 Å². The molecule has 2 N–H and O–H groups in total. The van der Waals surface area contributed by atoms with E-state index in [0.717, 1.165) is 16.6 Å². The molecule has 2 rings (SSSR count). The summed E-state index contributed by atoms with van der Waals surface area (Å²) in [5.74, 6) is 5.58. The van der Waals surface area contributed by atoms with Crippen molar-refractivity contribution in [1.82, 2.24) is 9.89 Å². The van der Waals surface area contributed by atoms with Crippen molar-refractivity contribution in [2.75, 3.05) is 5.84 Å². The lowest BCUT2D eigenvalue weighted by molar-refractivity contribution is 0.844. The fourth-order valence-electron chi connectivity index (χ4n) is 1.25. The number of fused-ring (bicyclic) bond motifs is 1. The second-order valence-electron chi connectivity index (χ2n) is 2.55. The molecule has 0 spiro atoms. The van der Waals surface area contributed by atoms with Gasteiger partial charge in [-0.1, -0.05) is 18.2 Å². The van der Waals surface area contributed by atoms with E-state index in [0.29, 0.717) is 0 Å². The van der Waals surface area contributed by atoms with Gasteiger partial charge in [0, 0.05) is 5.39 Å². The maximum atomic E-state index is 5.58. The van der Waals surface area contributed by atoms with Crippen molar-refractivity contribution in [1.29, 1.82) is 0 Å². The summed E-state index contributed by atoms with van der Waals surface area (Å²) in [6.07, 6.45) is 0. The molecule has 0 saturated carbocycles. The zero-order valence-corrected chi connectivity index (χ0v) is 6.28. The molecule has 1 aromatic carbocycles. The van der Waals surface area contributed by atoms with Gasteiger partial charge in [-0.2, -0.15) is 9.89 Å². The summed E-state index contributed by atoms with van der Waals surface area (Å²) in [6.45, 7) is 1.95. The van der Waals surface area contributed by atoms with Crippen LogP contribution < -0.4 is 5.84 Å². The Balaban J connectivity index is 2.95. The first-order valence-electron chi connectivity index (χ1n) is 3.48. The zero-order valence-electron chi connectivity index (χ0n) is 6.28. The number of aromatic nitrogens is 2. The molecular formula is C8H9N3. The van der Waals surface area contributed by atoms with Crippen LogP contribution in [0.2, 0.25) is 0 Å². The van der Waals surface area contributed by atoms with E-state index in [4.69, 9.17) is 5.84 Å². The molecule has 0 unspecified atom stereocenters. The van der Waals surface area contributed by atoms with Crippen LogP contribution in [0.4, 0.5) is 0 Å². The van der Waals surface area contributed by atoms with Crippen LogP contribution in [0.3, 0.4) is 0 Å². The molecule has 1 heterocycles. The molecule has 2 aromatic rings. The summed E-state index contributed by atoms with van der Waals surface area (Å²) < 4.78 is 0. The van der Waals surface area contributed by atoms with Crippen LogP contribution in [-0.2, 0) is 0 Å². The van der Waals surface area contributed by atoms with Crippen LogP contribution in [0.1, 0.15) is 5.69 Å². The quantitative estimate of drug-likeness (QED) is 0.566. The average molecular weight is 147 g/mol. The van der Waals surface area contributed by atoms with E-state index in [9.17, 15) is 0 Å². The number of nitrogen functional groups attached to an aromatic ring is 1. The number of para-hydroxylation sites is 1. The standard InChI is InChI=1S/C8H9N3/c1-6-7-4-2-3-5-8(7)11(9)10-6/h2-5H,9H2,1H3. The van der Waals surface area contributed by atoms with Crippen LogP contribution >= 0.6 is 0 Å². The van der Waals surface area contributed by atoms with Crippen LogP contribution in [0.5, 0.6) is 0 Å². The Morgan fingerprint density at radius 3 is 2.82 bits per heavy atom. The van der Waals surface area contributed by atoms with Crippen LogP contribution in [0.25, 0.3) is 10.9 Å². The predicted octanol–water partition coefficient (Wildman–Crippen LogP) is 1.06. The Hall–Kier alpha value is -1.51. The number of aryl methyl sites for hydroxylation is 1. The van der Waals surface area contributed by atoms with Gasteiger partial charge in [-0.3, -0.25) is 0 Å². The van der Waals surface area contributed by atoms with Crippen molar-refractivity contribution in [2.24, 2.45) is 0 Å². The minimum absolute atomic E-state index is 0.975. The Kier molecular flexibility index (Phi) is 1.12. The van der Waals surface area contributed by atoms with Gasteiger partial charge in [0.15, 0.2) is 0 Å². The fourth-order valence-corrected chi connectivity index (χ4v) is 1.25. The zero-order chi connectivity index (χ0) is 7.84. The van der Waals surface area contributed by atoms with Crippen molar-refractivity contribution >= 4 is 10.9 Å². The first-order chi connectivity index (χ1) is 5.29. The summed E-state index contributed by atoms with van der Waals surface area (Å²) in [7, 11) is 0. The second kappa shape index (κ2) is 1.99. The molecule has 11 heavy (non-hydrogen) atoms. The Morgan fingerprint density at radius 2 is 2.09 bits per heavy atom. The molecule has 3 nitrogen and oxygen atoms in total. The first kappa shape index (κ1) is 6.22. The van der Waals surface area contributed by atoms with Gasteiger partial charge >= 0.3 is 0 Å². The fraction of sp³-hybridized carbons (Fsp3) is 0.125. The van der Waals surface area contributed by atoms with E-state index in [2.05, 4.69) is 5.10 Å². The topological polar surface area (TPSA) is 43.8 Å². The van der Waals surface area contributed by atoms with Gasteiger partial charge in [-0.05, 0) is 13.0 Å². The monoisotopic (exact) mass is 147 g/mol. The van der Waals surface area contributed by atoms with Gasteiger partial charge in [-0.15, -0.1) is 0 Å². The maximum Gasteiger partial charge on any atom is 0.0918 e. The van der Waals surface area contributed by atoms with E-state index in [1.807, 2.05) is 31.2 Å². The minimum Gasteiger partial charge on any atom is -0.323 e. The highest BCUT2D eigenvalue weighted by atomic mass is 15.5. The predicted molar refractivity (Wildman–Crippen MR) is 44.6 cm³/mol. The van der Waals surface area contributed by atoms with Crippen LogP contribution in [0.15, 0.2) is 24.3 Å². The Bertz CT molecular complexity index is 353. The normalized spacial score (nSPS) is 10.6. The highest BCUT2D eigenvalue weighted by Gasteiger charge is 2.01. The van der Waals surface area contributed by atoms with E-state index >= 15 is 0 Å². The van der Waals surface area contributed by atoms with Gasteiger partial charge in [0.25, 0.3) is 0 Å². The number of hydrogen-bond donors (Lipinski definition) is 1. The number of nitrogens with zero attached hydrogens (tertiary/aromatic N) is 2. The molecule has 0 atom stereocenters. The SMILES string of the molecule is Cc1nn(N)c2ccccc12. The number of benzene rings is 1. The maximum absolute atomic E-state index is 5.58. The van der Waals surface area contributed by atoms with Gasteiger partial charge in [0.05, 0.1) is 11.2 Å². The average Bonchev–Trinajstić information content (AvgIpc) is 2.30. The molecule has 0 aliphatic rings. The molecule has 0 aliphatic heterocycles. The highest BCUT2D eigenvalue weighted by Crippen LogP contribution is 2.14. The van der Waals surface area contributed by atoms with Crippen LogP contribution in [0, 0.1) is 6.92 Å². The van der Waals surface area contributed by atoms with Crippen molar-refractivity contribution in [2.45, 2.75) is 6.92 Å². The number of nitrogens with two attached hydrogens (primary N) is 1. The van der Waals surface area contributed by atoms with Gasteiger partial charge in [0.1, 0.15) is 0 Å². The van der Waals surface area contributed by atoms with Crippen LogP contribution in [-0.4, -0.2) is 9.89 Å². The summed E-state index contributed by atoms with van der Waals surface area (Å²) in [6, 6.07) is 7.90. The lowest BCUT2D eigenvalue weighted by atomic mass is 10.2. The lowest BCUT2D eigenvalue weighted by Crippen LogP contribution is -2.09.